The van der Waals surface area contributed by atoms with Gasteiger partial charge in [-0.1, -0.05) is 30.3 Å². The highest BCUT2D eigenvalue weighted by Crippen LogP contribution is 2.28. The summed E-state index contributed by atoms with van der Waals surface area (Å²) in [6, 6.07) is 6.54. The monoisotopic (exact) mass is 215 g/mol. The summed E-state index contributed by atoms with van der Waals surface area (Å²) < 4.78 is 5.20. The Morgan fingerprint density at radius 2 is 1.94 bits per heavy atom. The van der Waals surface area contributed by atoms with E-state index in [1.165, 1.54) is 16.7 Å². The minimum Gasteiger partial charge on any atom is -0.361 e. The van der Waals surface area contributed by atoms with Crippen molar-refractivity contribution in [1.29, 1.82) is 0 Å². The van der Waals surface area contributed by atoms with Crippen molar-refractivity contribution >= 4 is 0 Å². The molecule has 1 heterocycles. The van der Waals surface area contributed by atoms with E-state index >= 15 is 0 Å². The second-order valence-corrected chi connectivity index (χ2v) is 4.19. The van der Waals surface area contributed by atoms with Crippen LogP contribution in [-0.4, -0.2) is 5.16 Å². The van der Waals surface area contributed by atoms with E-state index in [9.17, 15) is 0 Å². The van der Waals surface area contributed by atoms with Crippen LogP contribution >= 0.6 is 0 Å². The molecular formula is C14H17NO. The smallest absolute Gasteiger partial charge is 0.141 e. The van der Waals surface area contributed by atoms with Gasteiger partial charge >= 0.3 is 0 Å². The molecule has 0 aliphatic rings. The first kappa shape index (κ1) is 10.9. The van der Waals surface area contributed by atoms with Crippen LogP contribution in [0.4, 0.5) is 0 Å². The Morgan fingerprint density at radius 1 is 1.19 bits per heavy atom. The number of hydrogen-bond acceptors (Lipinski definition) is 2. The van der Waals surface area contributed by atoms with E-state index in [0.717, 1.165) is 23.4 Å². The molecule has 0 N–H and O–H groups in total. The third kappa shape index (κ3) is 1.75. The maximum Gasteiger partial charge on any atom is 0.141 e. The molecule has 16 heavy (non-hydrogen) atoms. The van der Waals surface area contributed by atoms with Crippen LogP contribution in [-0.2, 0) is 6.42 Å². The number of hydrogen-bond donors (Lipinski definition) is 0. The minimum absolute atomic E-state index is 0.892. The molecule has 2 nitrogen and oxygen atoms in total. The largest absolute Gasteiger partial charge is 0.361 e. The van der Waals surface area contributed by atoms with Crippen LogP contribution in [0.15, 0.2) is 22.7 Å². The number of rotatable bonds is 2. The quantitative estimate of drug-likeness (QED) is 0.761. The topological polar surface area (TPSA) is 26.0 Å². The third-order valence-electron chi connectivity index (χ3n) is 3.05. The van der Waals surface area contributed by atoms with Crippen LogP contribution < -0.4 is 0 Å². The summed E-state index contributed by atoms with van der Waals surface area (Å²) in [5.74, 6) is 0.892. The summed E-state index contributed by atoms with van der Waals surface area (Å²) >= 11 is 0. The molecular weight excluding hydrogens is 198 g/mol. The van der Waals surface area contributed by atoms with Crippen molar-refractivity contribution in [3.05, 3.63) is 40.8 Å². The van der Waals surface area contributed by atoms with Gasteiger partial charge in [-0.25, -0.2) is 0 Å². The predicted molar refractivity (Wildman–Crippen MR) is 65.5 cm³/mol. The molecule has 1 aromatic heterocycles. The molecule has 84 valence electrons. The molecule has 0 spiro atoms. The average molecular weight is 215 g/mol. The van der Waals surface area contributed by atoms with Gasteiger partial charge in [-0.3, -0.25) is 0 Å². The van der Waals surface area contributed by atoms with Crippen LogP contribution in [0.3, 0.4) is 0 Å². The Balaban J connectivity index is 2.57. The number of nitrogens with zero attached hydrogens (tertiary/aromatic N) is 1. The Hall–Kier alpha value is -1.57. The van der Waals surface area contributed by atoms with Crippen molar-refractivity contribution in [3.63, 3.8) is 0 Å². The van der Waals surface area contributed by atoms with Gasteiger partial charge in [0.05, 0.1) is 5.69 Å². The normalized spacial score (nSPS) is 10.8. The van der Waals surface area contributed by atoms with Gasteiger partial charge in [-0.15, -0.1) is 0 Å². The fourth-order valence-electron chi connectivity index (χ4n) is 2.10. The Bertz CT molecular complexity index is 492. The molecule has 0 saturated heterocycles. The molecule has 2 aromatic rings. The lowest BCUT2D eigenvalue weighted by Crippen LogP contribution is -1.89. The van der Waals surface area contributed by atoms with Crippen LogP contribution in [0, 0.1) is 20.8 Å². The lowest BCUT2D eigenvalue weighted by Gasteiger charge is -2.06. The fraction of sp³-hybridized carbons (Fsp3) is 0.357. The van der Waals surface area contributed by atoms with E-state index in [4.69, 9.17) is 4.52 Å². The Kier molecular flexibility index (Phi) is 2.82. The van der Waals surface area contributed by atoms with Gasteiger partial charge in [0.25, 0.3) is 0 Å². The first-order valence-corrected chi connectivity index (χ1v) is 5.66. The highest BCUT2D eigenvalue weighted by molar-refractivity contribution is 5.68. The molecule has 0 fully saturated rings. The summed E-state index contributed by atoms with van der Waals surface area (Å²) in [5.41, 5.74) is 6.03. The highest BCUT2D eigenvalue weighted by atomic mass is 16.5. The summed E-state index contributed by atoms with van der Waals surface area (Å²) in [6.07, 6.45) is 1.06. The van der Waals surface area contributed by atoms with Crippen molar-refractivity contribution in [2.24, 2.45) is 0 Å². The van der Waals surface area contributed by atoms with E-state index in [2.05, 4.69) is 37.2 Å². The van der Waals surface area contributed by atoms with Gasteiger partial charge in [0.15, 0.2) is 0 Å². The maximum absolute atomic E-state index is 5.20. The molecule has 0 unspecified atom stereocenters. The van der Waals surface area contributed by atoms with E-state index < -0.39 is 0 Å². The number of aryl methyl sites for hydroxylation is 4. The van der Waals surface area contributed by atoms with Gasteiger partial charge in [0.1, 0.15) is 5.76 Å². The summed E-state index contributed by atoms with van der Waals surface area (Å²) in [7, 11) is 0. The zero-order valence-corrected chi connectivity index (χ0v) is 10.3. The second-order valence-electron chi connectivity index (χ2n) is 4.19. The molecule has 1 aromatic carbocycles. The van der Waals surface area contributed by atoms with Crippen molar-refractivity contribution in [1.82, 2.24) is 5.16 Å². The minimum atomic E-state index is 0.892. The van der Waals surface area contributed by atoms with E-state index in [0.29, 0.717) is 0 Å². The molecule has 0 saturated carbocycles. The van der Waals surface area contributed by atoms with Crippen molar-refractivity contribution in [3.8, 4) is 11.1 Å². The lowest BCUT2D eigenvalue weighted by molar-refractivity contribution is 0.393. The first-order valence-electron chi connectivity index (χ1n) is 5.66. The molecule has 0 atom stereocenters. The van der Waals surface area contributed by atoms with Gasteiger partial charge in [0.2, 0.25) is 0 Å². The number of benzene rings is 1. The third-order valence-corrected chi connectivity index (χ3v) is 3.05. The fourth-order valence-corrected chi connectivity index (χ4v) is 2.10. The summed E-state index contributed by atoms with van der Waals surface area (Å²) in [5, 5.41) is 4.00. The van der Waals surface area contributed by atoms with Crippen molar-refractivity contribution in [2.75, 3.05) is 0 Å². The molecule has 2 heteroatoms. The van der Waals surface area contributed by atoms with Crippen molar-refractivity contribution in [2.45, 2.75) is 34.1 Å². The lowest BCUT2D eigenvalue weighted by atomic mass is 9.97. The zero-order chi connectivity index (χ0) is 11.7. The van der Waals surface area contributed by atoms with Gasteiger partial charge in [0, 0.05) is 5.56 Å². The Labute approximate surface area is 96.3 Å². The summed E-state index contributed by atoms with van der Waals surface area (Å²) in [4.78, 5) is 0. The average Bonchev–Trinajstić information content (AvgIpc) is 2.60. The van der Waals surface area contributed by atoms with Crippen LogP contribution in [0.2, 0.25) is 0 Å². The van der Waals surface area contributed by atoms with E-state index in [1.54, 1.807) is 0 Å². The maximum atomic E-state index is 5.20. The number of aromatic nitrogens is 1. The standard InChI is InChI=1S/C14H17NO/c1-5-12-8-13(7-6-9(12)2)14-10(3)15-16-11(14)4/h6-8H,5H2,1-4H3. The first-order chi connectivity index (χ1) is 7.63. The summed E-state index contributed by atoms with van der Waals surface area (Å²) in [6.45, 7) is 8.27. The van der Waals surface area contributed by atoms with Gasteiger partial charge in [-0.05, 0) is 43.9 Å². The van der Waals surface area contributed by atoms with Crippen LogP contribution in [0.1, 0.15) is 29.5 Å². The highest BCUT2D eigenvalue weighted by Gasteiger charge is 2.11. The van der Waals surface area contributed by atoms with E-state index in [1.807, 2.05) is 13.8 Å². The second kappa shape index (κ2) is 4.12. The van der Waals surface area contributed by atoms with E-state index in [-0.39, 0.29) is 0 Å². The molecule has 0 aliphatic heterocycles. The molecule has 0 bridgehead atoms. The van der Waals surface area contributed by atoms with Crippen LogP contribution in [0.25, 0.3) is 11.1 Å². The zero-order valence-electron chi connectivity index (χ0n) is 10.3. The SMILES string of the molecule is CCc1cc(-c2c(C)noc2C)ccc1C. The molecule has 0 amide bonds. The van der Waals surface area contributed by atoms with Crippen molar-refractivity contribution < 1.29 is 4.52 Å². The predicted octanol–water partition coefficient (Wildman–Crippen LogP) is 3.83. The van der Waals surface area contributed by atoms with Gasteiger partial charge in [-0.2, -0.15) is 0 Å². The molecule has 0 aliphatic carbocycles. The Morgan fingerprint density at radius 3 is 2.50 bits per heavy atom. The van der Waals surface area contributed by atoms with Gasteiger partial charge < -0.3 is 4.52 Å². The van der Waals surface area contributed by atoms with Crippen LogP contribution in [0.5, 0.6) is 0 Å². The molecule has 2 rings (SSSR count). The molecule has 0 radical (unpaired) electrons.